The van der Waals surface area contributed by atoms with E-state index in [-0.39, 0.29) is 23.3 Å². The number of hydrogen-bond acceptors (Lipinski definition) is 5. The van der Waals surface area contributed by atoms with Crippen molar-refractivity contribution in [2.24, 2.45) is 11.3 Å². The summed E-state index contributed by atoms with van der Waals surface area (Å²) in [4.78, 5) is 24.9. The van der Waals surface area contributed by atoms with Crippen molar-refractivity contribution >= 4 is 23.2 Å². The summed E-state index contributed by atoms with van der Waals surface area (Å²) in [6.07, 6.45) is 2.70. The monoisotopic (exact) mass is 503 g/mol. The molecule has 2 aromatic rings. The van der Waals surface area contributed by atoms with Gasteiger partial charge in [0.25, 0.3) is 0 Å². The molecule has 1 saturated carbocycles. The fraction of sp³-hybridized carbons (Fsp3) is 0.481. The second-order valence-corrected chi connectivity index (χ2v) is 10.0. The highest BCUT2D eigenvalue weighted by molar-refractivity contribution is 5.96. The smallest absolute Gasteiger partial charge is 0.387 e. The van der Waals surface area contributed by atoms with Gasteiger partial charge in [-0.25, -0.2) is 0 Å². The molecular weight excluding hydrogens is 468 g/mol. The maximum Gasteiger partial charge on any atom is 0.387 e. The van der Waals surface area contributed by atoms with Gasteiger partial charge < -0.3 is 25.4 Å². The molecule has 36 heavy (non-hydrogen) atoms. The molecule has 2 amide bonds. The van der Waals surface area contributed by atoms with Gasteiger partial charge in [0.2, 0.25) is 11.8 Å². The second-order valence-electron chi connectivity index (χ2n) is 10.0. The van der Waals surface area contributed by atoms with E-state index < -0.39 is 18.1 Å². The molecule has 2 aromatic carbocycles. The SMILES string of the molecule is CCC(NCc1ccc(OC(F)F)c(OCC2CC2)c1)C(=O)Nc1ccc(NC(=O)C(C)(C)C)cc1. The summed E-state index contributed by atoms with van der Waals surface area (Å²) in [5.41, 5.74) is 1.54. The Hall–Kier alpha value is -3.20. The van der Waals surface area contributed by atoms with E-state index in [0.717, 1.165) is 18.4 Å². The van der Waals surface area contributed by atoms with Crippen LogP contribution in [0.5, 0.6) is 11.5 Å². The lowest BCUT2D eigenvalue weighted by molar-refractivity contribution is -0.123. The van der Waals surface area contributed by atoms with Crippen molar-refractivity contribution in [2.75, 3.05) is 17.2 Å². The van der Waals surface area contributed by atoms with Gasteiger partial charge in [0, 0.05) is 23.3 Å². The van der Waals surface area contributed by atoms with E-state index in [1.807, 2.05) is 27.7 Å². The lowest BCUT2D eigenvalue weighted by atomic mass is 9.95. The van der Waals surface area contributed by atoms with Crippen LogP contribution in [0.1, 0.15) is 52.5 Å². The summed E-state index contributed by atoms with van der Waals surface area (Å²) in [7, 11) is 0. The second kappa shape index (κ2) is 12.2. The molecule has 0 aromatic heterocycles. The zero-order valence-electron chi connectivity index (χ0n) is 21.2. The Morgan fingerprint density at radius 1 is 1.00 bits per heavy atom. The largest absolute Gasteiger partial charge is 0.489 e. The quantitative estimate of drug-likeness (QED) is 0.353. The number of amides is 2. The number of anilines is 2. The molecule has 0 heterocycles. The molecule has 1 aliphatic rings. The fourth-order valence-electron chi connectivity index (χ4n) is 3.31. The number of ether oxygens (including phenoxy) is 2. The Kier molecular flexibility index (Phi) is 9.25. The number of alkyl halides is 2. The Morgan fingerprint density at radius 2 is 1.64 bits per heavy atom. The summed E-state index contributed by atoms with van der Waals surface area (Å²) in [5.74, 6) is 0.443. The lowest BCUT2D eigenvalue weighted by Gasteiger charge is -2.19. The molecule has 1 aliphatic carbocycles. The van der Waals surface area contributed by atoms with Crippen LogP contribution in [0.4, 0.5) is 20.2 Å². The topological polar surface area (TPSA) is 88.7 Å². The Bertz CT molecular complexity index is 1030. The van der Waals surface area contributed by atoms with Crippen molar-refractivity contribution in [1.29, 1.82) is 0 Å². The molecule has 0 saturated heterocycles. The predicted molar refractivity (Wildman–Crippen MR) is 135 cm³/mol. The first-order valence-electron chi connectivity index (χ1n) is 12.2. The number of nitrogens with one attached hydrogen (secondary N) is 3. The highest BCUT2D eigenvalue weighted by Crippen LogP contribution is 2.34. The third kappa shape index (κ3) is 8.48. The molecule has 0 aliphatic heterocycles. The number of benzene rings is 2. The Morgan fingerprint density at radius 3 is 2.19 bits per heavy atom. The minimum Gasteiger partial charge on any atom is -0.489 e. The molecule has 0 bridgehead atoms. The van der Waals surface area contributed by atoms with Gasteiger partial charge in [0.15, 0.2) is 11.5 Å². The summed E-state index contributed by atoms with van der Waals surface area (Å²) in [6.45, 7) is 5.28. The van der Waals surface area contributed by atoms with Crippen molar-refractivity contribution in [3.05, 3.63) is 48.0 Å². The number of rotatable bonds is 12. The fourth-order valence-corrected chi connectivity index (χ4v) is 3.31. The van der Waals surface area contributed by atoms with E-state index in [2.05, 4.69) is 20.7 Å². The van der Waals surface area contributed by atoms with Crippen molar-refractivity contribution in [1.82, 2.24) is 5.32 Å². The first-order chi connectivity index (χ1) is 17.0. The number of carbonyl (C=O) groups excluding carboxylic acids is 2. The van der Waals surface area contributed by atoms with E-state index in [0.29, 0.717) is 36.9 Å². The molecule has 7 nitrogen and oxygen atoms in total. The summed E-state index contributed by atoms with van der Waals surface area (Å²) >= 11 is 0. The average molecular weight is 504 g/mol. The molecule has 1 unspecified atom stereocenters. The van der Waals surface area contributed by atoms with Gasteiger partial charge in [-0.3, -0.25) is 9.59 Å². The Balaban J connectivity index is 1.57. The summed E-state index contributed by atoms with van der Waals surface area (Å²) < 4.78 is 35.8. The standard InChI is InChI=1S/C27H35F2N3O4/c1-5-21(24(33)31-19-9-11-20(12-10-19)32-25(34)27(2,3)4)30-15-18-8-13-22(36-26(28)29)23(14-18)35-16-17-6-7-17/h8-14,17,21,26,30H,5-7,15-16H2,1-4H3,(H,31,33)(H,32,34). The number of halogens is 2. The van der Waals surface area contributed by atoms with E-state index in [4.69, 9.17) is 4.74 Å². The van der Waals surface area contributed by atoms with Crippen LogP contribution < -0.4 is 25.4 Å². The molecule has 1 atom stereocenters. The van der Waals surface area contributed by atoms with Crippen LogP contribution in [0.25, 0.3) is 0 Å². The first-order valence-corrected chi connectivity index (χ1v) is 12.2. The van der Waals surface area contributed by atoms with E-state index in [1.54, 1.807) is 36.4 Å². The van der Waals surface area contributed by atoms with E-state index in [1.165, 1.54) is 6.07 Å². The van der Waals surface area contributed by atoms with Gasteiger partial charge in [-0.1, -0.05) is 33.8 Å². The molecule has 196 valence electrons. The predicted octanol–water partition coefficient (Wildman–Crippen LogP) is 5.57. The summed E-state index contributed by atoms with van der Waals surface area (Å²) in [6, 6.07) is 11.3. The number of carbonyl (C=O) groups is 2. The zero-order chi connectivity index (χ0) is 26.3. The minimum absolute atomic E-state index is 0.00122. The molecule has 3 rings (SSSR count). The van der Waals surface area contributed by atoms with Crippen LogP contribution >= 0.6 is 0 Å². The van der Waals surface area contributed by atoms with Crippen molar-refractivity contribution in [3.8, 4) is 11.5 Å². The maximum atomic E-state index is 12.8. The minimum atomic E-state index is -2.94. The van der Waals surface area contributed by atoms with Crippen molar-refractivity contribution in [2.45, 2.75) is 66.2 Å². The van der Waals surface area contributed by atoms with Crippen LogP contribution in [-0.4, -0.2) is 31.1 Å². The van der Waals surface area contributed by atoms with E-state index >= 15 is 0 Å². The third-order valence-corrected chi connectivity index (χ3v) is 5.76. The summed E-state index contributed by atoms with van der Waals surface area (Å²) in [5, 5.41) is 8.94. The van der Waals surface area contributed by atoms with Crippen LogP contribution in [0.3, 0.4) is 0 Å². The molecule has 1 fully saturated rings. The Labute approximate surface area is 210 Å². The van der Waals surface area contributed by atoms with Crippen molar-refractivity contribution in [3.63, 3.8) is 0 Å². The van der Waals surface area contributed by atoms with Crippen LogP contribution in [0.2, 0.25) is 0 Å². The van der Waals surface area contributed by atoms with Crippen LogP contribution in [0.15, 0.2) is 42.5 Å². The van der Waals surface area contributed by atoms with Gasteiger partial charge in [0.05, 0.1) is 12.6 Å². The van der Waals surface area contributed by atoms with Gasteiger partial charge in [0.1, 0.15) is 0 Å². The highest BCUT2D eigenvalue weighted by atomic mass is 19.3. The molecule has 9 heteroatoms. The molecular formula is C27H35F2N3O4. The third-order valence-electron chi connectivity index (χ3n) is 5.76. The number of hydrogen-bond donors (Lipinski definition) is 3. The molecule has 3 N–H and O–H groups in total. The molecule has 0 spiro atoms. The zero-order valence-corrected chi connectivity index (χ0v) is 21.2. The average Bonchev–Trinajstić information content (AvgIpc) is 3.64. The maximum absolute atomic E-state index is 12.8. The lowest BCUT2D eigenvalue weighted by Crippen LogP contribution is -2.39. The van der Waals surface area contributed by atoms with Gasteiger partial charge in [-0.15, -0.1) is 0 Å². The van der Waals surface area contributed by atoms with Crippen molar-refractivity contribution < 1.29 is 27.8 Å². The molecule has 0 radical (unpaired) electrons. The normalized spacial score (nSPS) is 14.3. The van der Waals surface area contributed by atoms with Gasteiger partial charge in [-0.05, 0) is 67.1 Å². The first kappa shape index (κ1) is 27.4. The van der Waals surface area contributed by atoms with Gasteiger partial charge >= 0.3 is 6.61 Å². The van der Waals surface area contributed by atoms with Gasteiger partial charge in [-0.2, -0.15) is 8.78 Å². The highest BCUT2D eigenvalue weighted by Gasteiger charge is 2.24. The van der Waals surface area contributed by atoms with E-state index in [9.17, 15) is 18.4 Å². The van der Waals surface area contributed by atoms with Crippen LogP contribution in [-0.2, 0) is 16.1 Å². The van der Waals surface area contributed by atoms with Crippen LogP contribution in [0, 0.1) is 11.3 Å².